The van der Waals surface area contributed by atoms with Crippen LogP contribution in [0.3, 0.4) is 0 Å². The summed E-state index contributed by atoms with van der Waals surface area (Å²) in [6, 6.07) is 11.9. The molecule has 2 heterocycles. The van der Waals surface area contributed by atoms with Gasteiger partial charge in [-0.15, -0.1) is 0 Å². The van der Waals surface area contributed by atoms with Crippen LogP contribution in [0, 0.1) is 10.1 Å². The van der Waals surface area contributed by atoms with E-state index in [-0.39, 0.29) is 11.6 Å². The number of hydrogen-bond acceptors (Lipinski definition) is 5. The number of ether oxygens (including phenoxy) is 1. The maximum Gasteiger partial charge on any atom is 0.270 e. The first-order chi connectivity index (χ1) is 14.7. The van der Waals surface area contributed by atoms with Crippen LogP contribution in [0.4, 0.5) is 5.69 Å². The van der Waals surface area contributed by atoms with E-state index in [4.69, 9.17) is 17.0 Å². The third kappa shape index (κ3) is 3.61. The Morgan fingerprint density at radius 3 is 2.68 bits per heavy atom. The minimum Gasteiger partial charge on any atom is -0.483 e. The number of nitrogens with zero attached hydrogens (tertiary/aromatic N) is 2. The van der Waals surface area contributed by atoms with Crippen LogP contribution in [-0.2, 0) is 6.54 Å². The number of fused-ring (bicyclic) bond motifs is 2. The Morgan fingerprint density at radius 2 is 2.00 bits per heavy atom. The first-order valence-corrected chi connectivity index (χ1v) is 10.2. The molecule has 0 saturated carbocycles. The highest BCUT2D eigenvalue weighted by atomic mass is 32.1. The molecular formula is C22H22N4O4S. The quantitative estimate of drug-likeness (QED) is 0.430. The second kappa shape index (κ2) is 7.66. The highest BCUT2D eigenvalue weighted by Crippen LogP contribution is 2.45. The van der Waals surface area contributed by atoms with Crippen molar-refractivity contribution in [3.8, 4) is 5.75 Å². The molecule has 8 nitrogen and oxygen atoms in total. The third-order valence-electron chi connectivity index (χ3n) is 5.55. The molecule has 31 heavy (non-hydrogen) atoms. The third-order valence-corrected chi connectivity index (χ3v) is 5.90. The Labute approximate surface area is 185 Å². The van der Waals surface area contributed by atoms with Gasteiger partial charge in [-0.2, -0.15) is 0 Å². The molecule has 0 aliphatic carbocycles. The molecule has 2 aliphatic heterocycles. The van der Waals surface area contributed by atoms with Gasteiger partial charge >= 0.3 is 0 Å². The van der Waals surface area contributed by atoms with Crippen molar-refractivity contribution in [1.29, 1.82) is 0 Å². The van der Waals surface area contributed by atoms with Gasteiger partial charge in [-0.05, 0) is 43.8 Å². The Hall–Kier alpha value is -3.46. The molecule has 4 rings (SSSR count). The van der Waals surface area contributed by atoms with Crippen LogP contribution in [0.25, 0.3) is 5.70 Å². The van der Waals surface area contributed by atoms with Crippen LogP contribution in [0.1, 0.15) is 35.3 Å². The molecule has 1 amide bonds. The summed E-state index contributed by atoms with van der Waals surface area (Å²) in [5, 5.41) is 17.9. The van der Waals surface area contributed by atoms with Crippen molar-refractivity contribution in [3.63, 3.8) is 0 Å². The first-order valence-electron chi connectivity index (χ1n) is 9.79. The topological polar surface area (TPSA) is 96.7 Å². The number of nitro groups is 1. The summed E-state index contributed by atoms with van der Waals surface area (Å²) in [6.07, 6.45) is 0. The largest absolute Gasteiger partial charge is 0.483 e. The van der Waals surface area contributed by atoms with Gasteiger partial charge in [0.25, 0.3) is 11.6 Å². The maximum absolute atomic E-state index is 13.3. The van der Waals surface area contributed by atoms with Crippen molar-refractivity contribution >= 4 is 34.6 Å². The van der Waals surface area contributed by atoms with E-state index in [1.54, 1.807) is 24.1 Å². The summed E-state index contributed by atoms with van der Waals surface area (Å²) in [5.74, 6) is 0.351. The molecule has 0 atom stereocenters. The van der Waals surface area contributed by atoms with Gasteiger partial charge in [0.1, 0.15) is 11.4 Å². The van der Waals surface area contributed by atoms with Crippen molar-refractivity contribution in [2.24, 2.45) is 0 Å². The van der Waals surface area contributed by atoms with Gasteiger partial charge in [0.05, 0.1) is 17.2 Å². The summed E-state index contributed by atoms with van der Waals surface area (Å²) in [6.45, 7) is 4.50. The highest BCUT2D eigenvalue weighted by Gasteiger charge is 2.41. The Balaban J connectivity index is 1.91. The molecule has 0 fully saturated rings. The maximum atomic E-state index is 13.3. The fourth-order valence-electron chi connectivity index (χ4n) is 3.99. The van der Waals surface area contributed by atoms with E-state index in [2.05, 4.69) is 10.6 Å². The van der Waals surface area contributed by atoms with E-state index < -0.39 is 10.5 Å². The van der Waals surface area contributed by atoms with E-state index in [1.165, 1.54) is 12.1 Å². The van der Waals surface area contributed by atoms with Crippen LogP contribution in [0.15, 0.2) is 48.0 Å². The molecule has 0 radical (unpaired) electrons. The lowest BCUT2D eigenvalue weighted by atomic mass is 9.88. The number of thiocarbonyl (C=S) groups is 1. The molecule has 0 unspecified atom stereocenters. The number of rotatable bonds is 4. The number of nitro benzene ring substituents is 1. The Morgan fingerprint density at radius 1 is 1.26 bits per heavy atom. The molecule has 160 valence electrons. The number of carbonyl (C=O) groups is 1. The van der Waals surface area contributed by atoms with Gasteiger partial charge in [0, 0.05) is 42.4 Å². The number of carbonyl (C=O) groups excluding carboxylic acids is 1. The Kier molecular flexibility index (Phi) is 5.14. The van der Waals surface area contributed by atoms with Crippen molar-refractivity contribution in [3.05, 3.63) is 74.8 Å². The zero-order chi connectivity index (χ0) is 22.3. The average Bonchev–Trinajstić information content (AvgIpc) is 3.07. The number of non-ortho nitro benzene ring substituents is 1. The van der Waals surface area contributed by atoms with Crippen LogP contribution >= 0.6 is 12.2 Å². The zero-order valence-electron chi connectivity index (χ0n) is 17.4. The monoisotopic (exact) mass is 438 g/mol. The highest BCUT2D eigenvalue weighted by molar-refractivity contribution is 7.80. The van der Waals surface area contributed by atoms with Crippen molar-refractivity contribution in [1.82, 2.24) is 15.5 Å². The van der Waals surface area contributed by atoms with Crippen LogP contribution < -0.4 is 15.4 Å². The lowest BCUT2D eigenvalue weighted by Gasteiger charge is -2.39. The summed E-state index contributed by atoms with van der Waals surface area (Å²) < 4.78 is 6.21. The van der Waals surface area contributed by atoms with Gasteiger partial charge in [0.15, 0.2) is 5.11 Å². The van der Waals surface area contributed by atoms with Crippen LogP contribution in [0.5, 0.6) is 5.75 Å². The number of nitrogens with one attached hydrogen (secondary N) is 2. The first kappa shape index (κ1) is 20.8. The fourth-order valence-corrected chi connectivity index (χ4v) is 4.06. The van der Waals surface area contributed by atoms with E-state index in [1.807, 2.05) is 32.0 Å². The molecule has 0 bridgehead atoms. The smallest absolute Gasteiger partial charge is 0.270 e. The summed E-state index contributed by atoms with van der Waals surface area (Å²) in [7, 11) is 1.71. The predicted octanol–water partition coefficient (Wildman–Crippen LogP) is 3.23. The van der Waals surface area contributed by atoms with Crippen molar-refractivity contribution in [2.75, 3.05) is 13.6 Å². The number of hydrogen-bond donors (Lipinski definition) is 2. The van der Waals surface area contributed by atoms with Crippen molar-refractivity contribution < 1.29 is 14.5 Å². The summed E-state index contributed by atoms with van der Waals surface area (Å²) in [5.41, 5.74) is 2.60. The van der Waals surface area contributed by atoms with E-state index in [9.17, 15) is 14.9 Å². The predicted molar refractivity (Wildman–Crippen MR) is 121 cm³/mol. The second-order valence-electron chi connectivity index (χ2n) is 7.86. The molecule has 2 aliphatic rings. The molecule has 0 aromatic heterocycles. The van der Waals surface area contributed by atoms with Gasteiger partial charge in [-0.3, -0.25) is 14.9 Å². The van der Waals surface area contributed by atoms with E-state index >= 15 is 0 Å². The normalized spacial score (nSPS) is 16.4. The average molecular weight is 439 g/mol. The van der Waals surface area contributed by atoms with Gasteiger partial charge < -0.3 is 20.3 Å². The molecular weight excluding hydrogens is 416 g/mol. The van der Waals surface area contributed by atoms with Crippen LogP contribution in [-0.4, -0.2) is 40.0 Å². The van der Waals surface area contributed by atoms with E-state index in [0.717, 1.165) is 11.1 Å². The van der Waals surface area contributed by atoms with Gasteiger partial charge in [-0.1, -0.05) is 18.2 Å². The van der Waals surface area contributed by atoms with Crippen molar-refractivity contribution in [2.45, 2.75) is 26.0 Å². The van der Waals surface area contributed by atoms with Crippen LogP contribution in [0.2, 0.25) is 0 Å². The molecule has 2 aromatic carbocycles. The lowest BCUT2D eigenvalue weighted by molar-refractivity contribution is -0.384. The number of benzene rings is 2. The second-order valence-corrected chi connectivity index (χ2v) is 8.27. The zero-order valence-corrected chi connectivity index (χ0v) is 18.2. The molecule has 9 heteroatoms. The molecule has 2 aromatic rings. The Bertz CT molecular complexity index is 1140. The summed E-state index contributed by atoms with van der Waals surface area (Å²) >= 11 is 5.23. The minimum absolute atomic E-state index is 0.0678. The fraction of sp³-hybridized carbons (Fsp3) is 0.273. The van der Waals surface area contributed by atoms with Gasteiger partial charge in [0.2, 0.25) is 0 Å². The molecule has 0 spiro atoms. The SMILES string of the molecule is CNC(=S)NCC1=C(N2Cc3ccccc3C2=O)c2cc([N+](=O)[O-])ccc2OC1(C)C. The standard InChI is InChI=1S/C22H22N4O4S/c1-22(2)17(11-24-21(31)23-3)19(16-10-14(26(28)29)8-9-18(16)30-22)25-12-13-6-4-5-7-15(13)20(25)27/h4-10H,11-12H2,1-3H3,(H2,23,24,31). The van der Waals surface area contributed by atoms with E-state index in [0.29, 0.717) is 40.8 Å². The number of amides is 1. The minimum atomic E-state index is -0.774. The molecule has 2 N–H and O–H groups in total. The lowest BCUT2D eigenvalue weighted by Crippen LogP contribution is -2.44. The van der Waals surface area contributed by atoms with Gasteiger partial charge in [-0.25, -0.2) is 0 Å². The summed E-state index contributed by atoms with van der Waals surface area (Å²) in [4.78, 5) is 26.0. The molecule has 0 saturated heterocycles.